The maximum atomic E-state index is 13.8. The summed E-state index contributed by atoms with van der Waals surface area (Å²) in [6.07, 6.45) is 1.05. The number of hydrogen-bond donors (Lipinski definition) is 2. The van der Waals surface area contributed by atoms with Crippen LogP contribution in [-0.2, 0) is 19.6 Å². The molecule has 2 aromatic rings. The third-order valence-electron chi connectivity index (χ3n) is 4.70. The highest BCUT2D eigenvalue weighted by Gasteiger charge is 2.33. The first-order chi connectivity index (χ1) is 13.8. The van der Waals surface area contributed by atoms with Gasteiger partial charge in [0.2, 0.25) is 21.8 Å². The molecule has 154 valence electrons. The number of nitrogens with zero attached hydrogens (tertiary/aromatic N) is 1. The summed E-state index contributed by atoms with van der Waals surface area (Å²) >= 11 is 0. The van der Waals surface area contributed by atoms with Crippen LogP contribution in [0.5, 0.6) is 0 Å². The average molecular weight is 419 g/mol. The second kappa shape index (κ2) is 8.71. The minimum Gasteiger partial charge on any atom is -0.326 e. The topological polar surface area (TPSA) is 95.6 Å². The fourth-order valence-corrected chi connectivity index (χ4v) is 4.76. The minimum absolute atomic E-state index is 0.0239. The Kier molecular flexibility index (Phi) is 6.29. The van der Waals surface area contributed by atoms with Crippen molar-refractivity contribution in [2.24, 2.45) is 5.92 Å². The van der Waals surface area contributed by atoms with E-state index in [-0.39, 0.29) is 23.0 Å². The van der Waals surface area contributed by atoms with Gasteiger partial charge in [0, 0.05) is 25.7 Å². The van der Waals surface area contributed by atoms with Gasteiger partial charge in [-0.25, -0.2) is 12.8 Å². The van der Waals surface area contributed by atoms with Gasteiger partial charge in [-0.15, -0.1) is 0 Å². The van der Waals surface area contributed by atoms with Crippen molar-refractivity contribution >= 4 is 33.2 Å². The first-order valence-electron chi connectivity index (χ1n) is 9.20. The third kappa shape index (κ3) is 4.99. The standard InChI is InChI=1S/C20H22FN3O4S/c1-14(25)22-16-8-10-17(11-9-16)29(27,28)24-12-4-5-15(13-24)20(26)23-19-7-3-2-6-18(19)21/h2-3,6-11,15H,4-5,12-13H2,1H3,(H,22,25)(H,23,26)/t15-/m1/s1. The largest absolute Gasteiger partial charge is 0.326 e. The molecule has 1 atom stereocenters. The number of sulfonamides is 1. The molecule has 2 N–H and O–H groups in total. The van der Waals surface area contributed by atoms with Gasteiger partial charge in [-0.2, -0.15) is 4.31 Å². The van der Waals surface area contributed by atoms with E-state index in [0.29, 0.717) is 25.1 Å². The molecule has 1 heterocycles. The van der Waals surface area contributed by atoms with E-state index in [1.54, 1.807) is 6.07 Å². The highest BCUT2D eigenvalue weighted by molar-refractivity contribution is 7.89. The van der Waals surface area contributed by atoms with E-state index in [4.69, 9.17) is 0 Å². The van der Waals surface area contributed by atoms with Crippen LogP contribution in [0.25, 0.3) is 0 Å². The molecule has 1 fully saturated rings. The van der Waals surface area contributed by atoms with Crippen molar-refractivity contribution in [2.45, 2.75) is 24.7 Å². The highest BCUT2D eigenvalue weighted by Crippen LogP contribution is 2.26. The SMILES string of the molecule is CC(=O)Nc1ccc(S(=O)(=O)N2CCC[C@@H](C(=O)Nc3ccccc3F)C2)cc1. The summed E-state index contributed by atoms with van der Waals surface area (Å²) in [5, 5.41) is 5.12. The minimum atomic E-state index is -3.79. The molecule has 9 heteroatoms. The van der Waals surface area contributed by atoms with Crippen molar-refractivity contribution in [3.63, 3.8) is 0 Å². The number of carbonyl (C=O) groups excluding carboxylic acids is 2. The van der Waals surface area contributed by atoms with Crippen LogP contribution >= 0.6 is 0 Å². The molecule has 0 spiro atoms. The van der Waals surface area contributed by atoms with Crippen LogP contribution in [-0.4, -0.2) is 37.6 Å². The lowest BCUT2D eigenvalue weighted by atomic mass is 9.98. The summed E-state index contributed by atoms with van der Waals surface area (Å²) in [5.41, 5.74) is 0.572. The molecule has 1 aliphatic heterocycles. The Balaban J connectivity index is 1.71. The monoisotopic (exact) mass is 419 g/mol. The Labute approximate surface area is 169 Å². The summed E-state index contributed by atoms with van der Waals surface area (Å²) in [4.78, 5) is 23.7. The lowest BCUT2D eigenvalue weighted by molar-refractivity contribution is -0.121. The van der Waals surface area contributed by atoms with Crippen molar-refractivity contribution in [1.29, 1.82) is 0 Å². The number of piperidine rings is 1. The zero-order valence-electron chi connectivity index (χ0n) is 15.9. The van der Waals surface area contributed by atoms with Crippen LogP contribution in [0.3, 0.4) is 0 Å². The summed E-state index contributed by atoms with van der Waals surface area (Å²) in [7, 11) is -3.79. The Morgan fingerprint density at radius 1 is 1.07 bits per heavy atom. The molecule has 0 unspecified atom stereocenters. The average Bonchev–Trinajstić information content (AvgIpc) is 2.70. The molecular formula is C20H22FN3O4S. The number of rotatable bonds is 5. The molecule has 1 saturated heterocycles. The molecule has 0 aromatic heterocycles. The van der Waals surface area contributed by atoms with Gasteiger partial charge in [0.25, 0.3) is 0 Å². The molecule has 7 nitrogen and oxygen atoms in total. The predicted molar refractivity (Wildman–Crippen MR) is 107 cm³/mol. The number of para-hydroxylation sites is 1. The third-order valence-corrected chi connectivity index (χ3v) is 6.58. The summed E-state index contributed by atoms with van der Waals surface area (Å²) < 4.78 is 40.9. The van der Waals surface area contributed by atoms with Gasteiger partial charge in [-0.3, -0.25) is 9.59 Å². The van der Waals surface area contributed by atoms with Crippen molar-refractivity contribution in [3.8, 4) is 0 Å². The zero-order chi connectivity index (χ0) is 21.0. The first-order valence-corrected chi connectivity index (χ1v) is 10.6. The number of anilines is 2. The van der Waals surface area contributed by atoms with Crippen molar-refractivity contribution in [2.75, 3.05) is 23.7 Å². The van der Waals surface area contributed by atoms with Gasteiger partial charge < -0.3 is 10.6 Å². The van der Waals surface area contributed by atoms with Gasteiger partial charge >= 0.3 is 0 Å². The Morgan fingerprint density at radius 3 is 2.41 bits per heavy atom. The van der Waals surface area contributed by atoms with E-state index >= 15 is 0 Å². The fourth-order valence-electron chi connectivity index (χ4n) is 3.23. The number of hydrogen-bond acceptors (Lipinski definition) is 4. The fraction of sp³-hybridized carbons (Fsp3) is 0.300. The van der Waals surface area contributed by atoms with E-state index in [1.807, 2.05) is 0 Å². The van der Waals surface area contributed by atoms with Crippen molar-refractivity contribution < 1.29 is 22.4 Å². The Hall–Kier alpha value is -2.78. The van der Waals surface area contributed by atoms with E-state index in [9.17, 15) is 22.4 Å². The molecule has 2 aromatic carbocycles. The van der Waals surface area contributed by atoms with Crippen LogP contribution in [0, 0.1) is 11.7 Å². The number of amides is 2. The number of benzene rings is 2. The molecule has 0 aliphatic carbocycles. The second-order valence-corrected chi connectivity index (χ2v) is 8.81. The smallest absolute Gasteiger partial charge is 0.243 e. The Morgan fingerprint density at radius 2 is 1.76 bits per heavy atom. The van der Waals surface area contributed by atoms with Crippen LogP contribution in [0.2, 0.25) is 0 Å². The summed E-state index contributed by atoms with van der Waals surface area (Å²) in [5.74, 6) is -1.77. The highest BCUT2D eigenvalue weighted by atomic mass is 32.2. The summed E-state index contributed by atoms with van der Waals surface area (Å²) in [6, 6.07) is 11.7. The van der Waals surface area contributed by atoms with Gasteiger partial charge in [0.15, 0.2) is 0 Å². The summed E-state index contributed by atoms with van der Waals surface area (Å²) in [6.45, 7) is 1.69. The second-order valence-electron chi connectivity index (χ2n) is 6.88. The Bertz CT molecular complexity index is 1010. The lowest BCUT2D eigenvalue weighted by Gasteiger charge is -2.31. The van der Waals surface area contributed by atoms with E-state index in [1.165, 1.54) is 53.7 Å². The van der Waals surface area contributed by atoms with E-state index in [0.717, 1.165) is 0 Å². The number of nitrogens with one attached hydrogen (secondary N) is 2. The molecule has 0 saturated carbocycles. The molecule has 2 amide bonds. The van der Waals surface area contributed by atoms with Crippen molar-refractivity contribution in [1.82, 2.24) is 4.31 Å². The molecule has 0 bridgehead atoms. The molecule has 3 rings (SSSR count). The van der Waals surface area contributed by atoms with Gasteiger partial charge in [-0.1, -0.05) is 12.1 Å². The van der Waals surface area contributed by atoms with Crippen LogP contribution in [0.4, 0.5) is 15.8 Å². The number of carbonyl (C=O) groups is 2. The van der Waals surface area contributed by atoms with Gasteiger partial charge in [-0.05, 0) is 49.2 Å². The van der Waals surface area contributed by atoms with Crippen molar-refractivity contribution in [3.05, 3.63) is 54.3 Å². The normalized spacial score (nSPS) is 17.5. The van der Waals surface area contributed by atoms with Crippen LogP contribution in [0.1, 0.15) is 19.8 Å². The maximum absolute atomic E-state index is 13.8. The molecule has 0 radical (unpaired) electrons. The molecular weight excluding hydrogens is 397 g/mol. The first kappa shape index (κ1) is 20.9. The van der Waals surface area contributed by atoms with E-state index < -0.39 is 27.7 Å². The molecule has 1 aliphatic rings. The number of halogens is 1. The molecule has 29 heavy (non-hydrogen) atoms. The van der Waals surface area contributed by atoms with Gasteiger partial charge in [0.05, 0.1) is 16.5 Å². The quantitative estimate of drug-likeness (QED) is 0.779. The van der Waals surface area contributed by atoms with Crippen LogP contribution in [0.15, 0.2) is 53.4 Å². The van der Waals surface area contributed by atoms with Gasteiger partial charge in [0.1, 0.15) is 5.82 Å². The lowest BCUT2D eigenvalue weighted by Crippen LogP contribution is -2.43. The zero-order valence-corrected chi connectivity index (χ0v) is 16.7. The van der Waals surface area contributed by atoms with Crippen LogP contribution < -0.4 is 10.6 Å². The van der Waals surface area contributed by atoms with E-state index in [2.05, 4.69) is 10.6 Å². The maximum Gasteiger partial charge on any atom is 0.243 e. The predicted octanol–water partition coefficient (Wildman–Crippen LogP) is 2.82.